The number of fused-ring (bicyclic) bond motifs is 1. The van der Waals surface area contributed by atoms with Crippen LogP contribution in [-0.2, 0) is 6.54 Å². The second kappa shape index (κ2) is 7.62. The van der Waals surface area contributed by atoms with Crippen molar-refractivity contribution in [2.75, 3.05) is 20.6 Å². The lowest BCUT2D eigenvalue weighted by Crippen LogP contribution is -2.22. The van der Waals surface area contributed by atoms with Crippen molar-refractivity contribution in [2.24, 2.45) is 5.92 Å². The third-order valence-corrected chi connectivity index (χ3v) is 5.41. The van der Waals surface area contributed by atoms with Crippen molar-refractivity contribution in [1.29, 1.82) is 0 Å². The topological polar surface area (TPSA) is 34.0 Å². The molecule has 27 heavy (non-hydrogen) atoms. The van der Waals surface area contributed by atoms with Crippen LogP contribution in [0.25, 0.3) is 33.3 Å². The molecule has 0 radical (unpaired) electrons. The highest BCUT2D eigenvalue weighted by Gasteiger charge is 2.14. The third kappa shape index (κ3) is 3.80. The number of nitrogens with zero attached hydrogens (tertiary/aromatic N) is 4. The molecule has 4 aromatic rings. The van der Waals surface area contributed by atoms with Gasteiger partial charge in [-0.3, -0.25) is 9.97 Å². The van der Waals surface area contributed by atoms with Gasteiger partial charge in [-0.05, 0) is 60.6 Å². The molecule has 0 aromatic carbocycles. The van der Waals surface area contributed by atoms with E-state index in [1.807, 2.05) is 24.7 Å². The van der Waals surface area contributed by atoms with Crippen LogP contribution >= 0.6 is 11.3 Å². The zero-order valence-electron chi connectivity index (χ0n) is 16.0. The predicted octanol–water partition coefficient (Wildman–Crippen LogP) is 5.02. The quantitative estimate of drug-likeness (QED) is 0.473. The Morgan fingerprint density at radius 3 is 2.78 bits per heavy atom. The Morgan fingerprint density at radius 1 is 1.15 bits per heavy atom. The van der Waals surface area contributed by atoms with Crippen molar-refractivity contribution >= 4 is 22.4 Å². The normalized spacial score (nSPS) is 12.7. The SMILES string of the molecule is CC(CN(C)C)Cn1cc(-c2cncc(-c3ccsc3)c2)c2ncccc21. The maximum atomic E-state index is 4.68. The summed E-state index contributed by atoms with van der Waals surface area (Å²) in [6, 6.07) is 8.52. The van der Waals surface area contributed by atoms with Gasteiger partial charge >= 0.3 is 0 Å². The fourth-order valence-corrected chi connectivity index (χ4v) is 4.34. The lowest BCUT2D eigenvalue weighted by atomic mass is 10.1. The predicted molar refractivity (Wildman–Crippen MR) is 114 cm³/mol. The molecule has 4 rings (SSSR count). The maximum Gasteiger partial charge on any atom is 0.0959 e. The van der Waals surface area contributed by atoms with Gasteiger partial charge in [0.1, 0.15) is 0 Å². The summed E-state index contributed by atoms with van der Waals surface area (Å²) in [7, 11) is 4.25. The fraction of sp³-hybridized carbons (Fsp3) is 0.273. The molecule has 0 N–H and O–H groups in total. The number of hydrogen-bond acceptors (Lipinski definition) is 4. The van der Waals surface area contributed by atoms with Crippen molar-refractivity contribution < 1.29 is 0 Å². The average molecular weight is 377 g/mol. The largest absolute Gasteiger partial charge is 0.345 e. The third-order valence-electron chi connectivity index (χ3n) is 4.72. The molecule has 4 heterocycles. The average Bonchev–Trinajstić information content (AvgIpc) is 3.30. The Morgan fingerprint density at radius 2 is 2.00 bits per heavy atom. The minimum Gasteiger partial charge on any atom is -0.345 e. The van der Waals surface area contributed by atoms with Crippen LogP contribution in [0.15, 0.2) is 59.8 Å². The summed E-state index contributed by atoms with van der Waals surface area (Å²) in [6.45, 7) is 4.32. The second-order valence-corrected chi connectivity index (χ2v) is 8.19. The van der Waals surface area contributed by atoms with E-state index in [0.29, 0.717) is 5.92 Å². The monoisotopic (exact) mass is 376 g/mol. The number of thiophene rings is 1. The summed E-state index contributed by atoms with van der Waals surface area (Å²) in [5.74, 6) is 0.555. The first kappa shape index (κ1) is 17.9. The Balaban J connectivity index is 1.75. The molecule has 138 valence electrons. The van der Waals surface area contributed by atoms with E-state index in [-0.39, 0.29) is 0 Å². The Bertz CT molecular complexity index is 1030. The molecule has 0 aliphatic carbocycles. The number of rotatable bonds is 6. The smallest absolute Gasteiger partial charge is 0.0959 e. The van der Waals surface area contributed by atoms with Gasteiger partial charge in [0.25, 0.3) is 0 Å². The first-order valence-electron chi connectivity index (χ1n) is 9.18. The lowest BCUT2D eigenvalue weighted by Gasteiger charge is -2.17. The van der Waals surface area contributed by atoms with Crippen LogP contribution in [0, 0.1) is 5.92 Å². The number of aromatic nitrogens is 3. The lowest BCUT2D eigenvalue weighted by molar-refractivity contribution is 0.318. The van der Waals surface area contributed by atoms with Gasteiger partial charge in [-0.1, -0.05) is 6.92 Å². The standard InChI is InChI=1S/C22H24N4S/c1-16(12-25(2)3)13-26-14-20(22-21(26)5-4-7-24-22)19-9-18(10-23-11-19)17-6-8-27-15-17/h4-11,14-16H,12-13H2,1-3H3. The van der Waals surface area contributed by atoms with E-state index in [2.05, 4.69) is 75.6 Å². The fourth-order valence-electron chi connectivity index (χ4n) is 3.68. The molecule has 0 amide bonds. The van der Waals surface area contributed by atoms with E-state index < -0.39 is 0 Å². The van der Waals surface area contributed by atoms with Gasteiger partial charge in [0.05, 0.1) is 11.0 Å². The second-order valence-electron chi connectivity index (χ2n) is 7.41. The van der Waals surface area contributed by atoms with Gasteiger partial charge in [-0.2, -0.15) is 11.3 Å². The molecule has 0 aliphatic rings. The Kier molecular flexibility index (Phi) is 5.05. The van der Waals surface area contributed by atoms with E-state index in [1.54, 1.807) is 11.3 Å². The van der Waals surface area contributed by atoms with Gasteiger partial charge in [0.2, 0.25) is 0 Å². The number of hydrogen-bond donors (Lipinski definition) is 0. The van der Waals surface area contributed by atoms with Gasteiger partial charge in [-0.25, -0.2) is 0 Å². The summed E-state index contributed by atoms with van der Waals surface area (Å²) >= 11 is 1.71. The van der Waals surface area contributed by atoms with E-state index in [9.17, 15) is 0 Å². The molecule has 4 nitrogen and oxygen atoms in total. The van der Waals surface area contributed by atoms with E-state index in [4.69, 9.17) is 0 Å². The summed E-state index contributed by atoms with van der Waals surface area (Å²) < 4.78 is 2.34. The van der Waals surface area contributed by atoms with Crippen LogP contribution in [0.4, 0.5) is 0 Å². The van der Waals surface area contributed by atoms with Crippen molar-refractivity contribution in [3.63, 3.8) is 0 Å². The minimum atomic E-state index is 0.555. The molecule has 0 fully saturated rings. The Labute approximate surface area is 164 Å². The zero-order chi connectivity index (χ0) is 18.8. The van der Waals surface area contributed by atoms with E-state index in [1.165, 1.54) is 11.1 Å². The van der Waals surface area contributed by atoms with Gasteiger partial charge in [-0.15, -0.1) is 0 Å². The maximum absolute atomic E-state index is 4.68. The van der Waals surface area contributed by atoms with Crippen LogP contribution in [0.5, 0.6) is 0 Å². The van der Waals surface area contributed by atoms with Crippen molar-refractivity contribution in [3.05, 3.63) is 59.8 Å². The minimum absolute atomic E-state index is 0.555. The molecular weight excluding hydrogens is 352 g/mol. The highest BCUT2D eigenvalue weighted by molar-refractivity contribution is 7.08. The zero-order valence-corrected chi connectivity index (χ0v) is 16.8. The van der Waals surface area contributed by atoms with Crippen LogP contribution in [0.3, 0.4) is 0 Å². The summed E-state index contributed by atoms with van der Waals surface area (Å²) in [5.41, 5.74) is 6.84. The molecular formula is C22H24N4S. The first-order valence-corrected chi connectivity index (χ1v) is 10.1. The molecule has 0 saturated heterocycles. The van der Waals surface area contributed by atoms with E-state index >= 15 is 0 Å². The molecule has 0 bridgehead atoms. The van der Waals surface area contributed by atoms with Crippen molar-refractivity contribution in [1.82, 2.24) is 19.4 Å². The molecule has 0 spiro atoms. The highest BCUT2D eigenvalue weighted by Crippen LogP contribution is 2.32. The van der Waals surface area contributed by atoms with Crippen LogP contribution in [-0.4, -0.2) is 40.1 Å². The van der Waals surface area contributed by atoms with Crippen LogP contribution in [0.2, 0.25) is 0 Å². The van der Waals surface area contributed by atoms with Crippen molar-refractivity contribution in [3.8, 4) is 22.3 Å². The highest BCUT2D eigenvalue weighted by atomic mass is 32.1. The first-order chi connectivity index (χ1) is 13.1. The summed E-state index contributed by atoms with van der Waals surface area (Å²) in [4.78, 5) is 11.4. The summed E-state index contributed by atoms with van der Waals surface area (Å²) in [5, 5.41) is 4.26. The molecule has 5 heteroatoms. The van der Waals surface area contributed by atoms with Gasteiger partial charge in [0, 0.05) is 54.6 Å². The molecule has 0 aliphatic heterocycles. The Hall–Kier alpha value is -2.50. The van der Waals surface area contributed by atoms with E-state index in [0.717, 1.165) is 35.3 Å². The molecule has 1 atom stereocenters. The van der Waals surface area contributed by atoms with Crippen LogP contribution < -0.4 is 0 Å². The number of pyridine rings is 2. The molecule has 0 saturated carbocycles. The molecule has 1 unspecified atom stereocenters. The van der Waals surface area contributed by atoms with Gasteiger partial charge in [0.15, 0.2) is 0 Å². The van der Waals surface area contributed by atoms with Crippen LogP contribution in [0.1, 0.15) is 6.92 Å². The van der Waals surface area contributed by atoms with Crippen molar-refractivity contribution in [2.45, 2.75) is 13.5 Å². The molecule has 4 aromatic heterocycles. The summed E-state index contributed by atoms with van der Waals surface area (Å²) in [6.07, 6.45) is 7.97. The van der Waals surface area contributed by atoms with Gasteiger partial charge < -0.3 is 9.47 Å².